The SMILES string of the molecule is CCC(CC)(CO)NCC1Cc2ccccc2S1. The summed E-state index contributed by atoms with van der Waals surface area (Å²) in [6.45, 7) is 5.48. The van der Waals surface area contributed by atoms with Crippen LogP contribution < -0.4 is 5.32 Å². The predicted molar refractivity (Wildman–Crippen MR) is 78.2 cm³/mol. The van der Waals surface area contributed by atoms with E-state index in [9.17, 15) is 5.11 Å². The van der Waals surface area contributed by atoms with Crippen LogP contribution in [0.1, 0.15) is 32.3 Å². The summed E-state index contributed by atoms with van der Waals surface area (Å²) < 4.78 is 0. The minimum atomic E-state index is -0.0880. The molecule has 1 aliphatic heterocycles. The van der Waals surface area contributed by atoms with Crippen molar-refractivity contribution < 1.29 is 5.11 Å². The van der Waals surface area contributed by atoms with Gasteiger partial charge in [0.1, 0.15) is 0 Å². The summed E-state index contributed by atoms with van der Waals surface area (Å²) in [6.07, 6.45) is 3.09. The minimum Gasteiger partial charge on any atom is -0.394 e. The maximum Gasteiger partial charge on any atom is 0.0613 e. The smallest absolute Gasteiger partial charge is 0.0613 e. The number of hydrogen-bond donors (Lipinski definition) is 2. The molecule has 1 aromatic rings. The van der Waals surface area contributed by atoms with Crippen molar-refractivity contribution in [1.29, 1.82) is 0 Å². The van der Waals surface area contributed by atoms with Gasteiger partial charge in [-0.1, -0.05) is 32.0 Å². The van der Waals surface area contributed by atoms with Crippen molar-refractivity contribution in [2.45, 2.75) is 48.8 Å². The van der Waals surface area contributed by atoms with Crippen LogP contribution in [-0.4, -0.2) is 29.0 Å². The molecular weight excluding hydrogens is 242 g/mol. The zero-order valence-electron chi connectivity index (χ0n) is 11.3. The second-order valence-electron chi connectivity index (χ2n) is 5.08. The van der Waals surface area contributed by atoms with E-state index >= 15 is 0 Å². The molecule has 0 fully saturated rings. The van der Waals surface area contributed by atoms with Crippen molar-refractivity contribution in [3.63, 3.8) is 0 Å². The summed E-state index contributed by atoms with van der Waals surface area (Å²) in [5.41, 5.74) is 1.38. The molecule has 0 spiro atoms. The van der Waals surface area contributed by atoms with Crippen LogP contribution in [0.4, 0.5) is 0 Å². The lowest BCUT2D eigenvalue weighted by Gasteiger charge is -2.32. The second kappa shape index (κ2) is 6.09. The first kappa shape index (κ1) is 13.9. The maximum atomic E-state index is 9.55. The number of aliphatic hydroxyl groups is 1. The number of fused-ring (bicyclic) bond motifs is 1. The van der Waals surface area contributed by atoms with Gasteiger partial charge in [-0.25, -0.2) is 0 Å². The van der Waals surface area contributed by atoms with E-state index in [1.807, 2.05) is 11.8 Å². The molecule has 2 rings (SSSR count). The zero-order valence-corrected chi connectivity index (χ0v) is 12.1. The van der Waals surface area contributed by atoms with Gasteiger partial charge in [-0.15, -0.1) is 11.8 Å². The zero-order chi connectivity index (χ0) is 13.0. The summed E-state index contributed by atoms with van der Waals surface area (Å²) in [4.78, 5) is 1.42. The first-order chi connectivity index (χ1) is 8.73. The van der Waals surface area contributed by atoms with Crippen LogP contribution in [0.2, 0.25) is 0 Å². The third kappa shape index (κ3) is 2.90. The van der Waals surface area contributed by atoms with Crippen molar-refractivity contribution in [1.82, 2.24) is 5.32 Å². The Hall–Kier alpha value is -0.510. The molecule has 0 radical (unpaired) electrons. The van der Waals surface area contributed by atoms with Gasteiger partial charge in [-0.3, -0.25) is 0 Å². The Kier molecular flexibility index (Phi) is 4.71. The molecule has 0 aromatic heterocycles. The first-order valence-corrected chi connectivity index (χ1v) is 7.71. The summed E-state index contributed by atoms with van der Waals surface area (Å²) in [5.74, 6) is 0. The van der Waals surface area contributed by atoms with Crippen LogP contribution >= 0.6 is 11.8 Å². The number of aliphatic hydroxyl groups excluding tert-OH is 1. The van der Waals surface area contributed by atoms with Crippen molar-refractivity contribution in [2.24, 2.45) is 0 Å². The van der Waals surface area contributed by atoms with E-state index in [1.165, 1.54) is 10.5 Å². The number of thioether (sulfide) groups is 1. The third-order valence-electron chi connectivity index (χ3n) is 4.07. The first-order valence-electron chi connectivity index (χ1n) is 6.83. The van der Waals surface area contributed by atoms with Crippen LogP contribution in [0.15, 0.2) is 29.2 Å². The Morgan fingerprint density at radius 2 is 2.06 bits per heavy atom. The lowest BCUT2D eigenvalue weighted by molar-refractivity contribution is 0.151. The van der Waals surface area contributed by atoms with Gasteiger partial charge in [0.15, 0.2) is 0 Å². The topological polar surface area (TPSA) is 32.3 Å². The van der Waals surface area contributed by atoms with E-state index in [1.54, 1.807) is 0 Å². The Balaban J connectivity index is 1.90. The fraction of sp³-hybridized carbons (Fsp3) is 0.600. The van der Waals surface area contributed by atoms with Crippen molar-refractivity contribution in [3.05, 3.63) is 29.8 Å². The molecule has 1 atom stereocenters. The Morgan fingerprint density at radius 1 is 1.33 bits per heavy atom. The van der Waals surface area contributed by atoms with Gasteiger partial charge in [-0.05, 0) is 30.9 Å². The van der Waals surface area contributed by atoms with Crippen LogP contribution in [0.25, 0.3) is 0 Å². The molecule has 0 aliphatic carbocycles. The molecule has 2 N–H and O–H groups in total. The predicted octanol–water partition coefficient (Wildman–Crippen LogP) is 2.84. The Labute approximate surface area is 114 Å². The van der Waals surface area contributed by atoms with E-state index < -0.39 is 0 Å². The molecule has 0 saturated heterocycles. The summed E-state index contributed by atoms with van der Waals surface area (Å²) in [7, 11) is 0. The number of benzene rings is 1. The third-order valence-corrected chi connectivity index (χ3v) is 5.39. The highest BCUT2D eigenvalue weighted by Gasteiger charge is 2.28. The number of rotatable bonds is 6. The van der Waals surface area contributed by atoms with Gasteiger partial charge in [-0.2, -0.15) is 0 Å². The van der Waals surface area contributed by atoms with Gasteiger partial charge >= 0.3 is 0 Å². The molecular formula is C15H23NOS. The van der Waals surface area contributed by atoms with E-state index in [0.29, 0.717) is 5.25 Å². The van der Waals surface area contributed by atoms with E-state index in [0.717, 1.165) is 25.8 Å². The highest BCUT2D eigenvalue weighted by Crippen LogP contribution is 2.36. The summed E-state index contributed by atoms with van der Waals surface area (Å²) in [6, 6.07) is 8.66. The lowest BCUT2D eigenvalue weighted by Crippen LogP contribution is -2.49. The molecule has 100 valence electrons. The molecule has 0 bridgehead atoms. The van der Waals surface area contributed by atoms with E-state index in [2.05, 4.69) is 43.4 Å². The quantitative estimate of drug-likeness (QED) is 0.829. The van der Waals surface area contributed by atoms with Gasteiger partial charge in [0.2, 0.25) is 0 Å². The molecule has 2 nitrogen and oxygen atoms in total. The van der Waals surface area contributed by atoms with Crippen molar-refractivity contribution in [3.8, 4) is 0 Å². The van der Waals surface area contributed by atoms with Gasteiger partial charge in [0, 0.05) is 22.2 Å². The Morgan fingerprint density at radius 3 is 2.67 bits per heavy atom. The number of nitrogens with one attached hydrogen (secondary N) is 1. The highest BCUT2D eigenvalue weighted by molar-refractivity contribution is 8.00. The van der Waals surface area contributed by atoms with Gasteiger partial charge < -0.3 is 10.4 Å². The second-order valence-corrected chi connectivity index (χ2v) is 6.42. The van der Waals surface area contributed by atoms with E-state index in [4.69, 9.17) is 0 Å². The maximum absolute atomic E-state index is 9.55. The standard InChI is InChI=1S/C15H23NOS/c1-3-15(4-2,11-17)16-10-13-9-12-7-5-6-8-14(12)18-13/h5-8,13,16-17H,3-4,9-11H2,1-2H3. The molecule has 1 aromatic carbocycles. The van der Waals surface area contributed by atoms with Crippen LogP contribution in [0.3, 0.4) is 0 Å². The van der Waals surface area contributed by atoms with E-state index in [-0.39, 0.29) is 12.1 Å². The van der Waals surface area contributed by atoms with Gasteiger partial charge in [0.05, 0.1) is 6.61 Å². The molecule has 1 unspecified atom stereocenters. The molecule has 3 heteroatoms. The van der Waals surface area contributed by atoms with Crippen LogP contribution in [-0.2, 0) is 6.42 Å². The lowest BCUT2D eigenvalue weighted by atomic mass is 9.93. The largest absolute Gasteiger partial charge is 0.394 e. The average molecular weight is 265 g/mol. The molecule has 1 heterocycles. The molecule has 0 amide bonds. The highest BCUT2D eigenvalue weighted by atomic mass is 32.2. The molecule has 18 heavy (non-hydrogen) atoms. The fourth-order valence-corrected chi connectivity index (χ4v) is 3.73. The van der Waals surface area contributed by atoms with Crippen molar-refractivity contribution >= 4 is 11.8 Å². The normalized spacial score (nSPS) is 18.9. The number of hydrogen-bond acceptors (Lipinski definition) is 3. The average Bonchev–Trinajstić information content (AvgIpc) is 2.84. The molecule has 0 saturated carbocycles. The monoisotopic (exact) mass is 265 g/mol. The van der Waals surface area contributed by atoms with Crippen LogP contribution in [0.5, 0.6) is 0 Å². The minimum absolute atomic E-state index is 0.0880. The summed E-state index contributed by atoms with van der Waals surface area (Å²) in [5, 5.41) is 13.7. The van der Waals surface area contributed by atoms with Crippen molar-refractivity contribution in [2.75, 3.05) is 13.2 Å². The van der Waals surface area contributed by atoms with Crippen LogP contribution in [0, 0.1) is 0 Å². The Bertz CT molecular complexity index is 357. The molecule has 1 aliphatic rings. The van der Waals surface area contributed by atoms with Gasteiger partial charge in [0.25, 0.3) is 0 Å². The summed E-state index contributed by atoms with van der Waals surface area (Å²) >= 11 is 1.96. The fourth-order valence-electron chi connectivity index (χ4n) is 2.48.